The molecule has 4 nitrogen and oxygen atoms in total. The van der Waals surface area contributed by atoms with E-state index in [9.17, 15) is 9.18 Å². The van der Waals surface area contributed by atoms with E-state index in [-0.39, 0.29) is 12.6 Å². The highest BCUT2D eigenvalue weighted by Crippen LogP contribution is 2.06. The van der Waals surface area contributed by atoms with Gasteiger partial charge in [-0.25, -0.2) is 9.18 Å². The third-order valence-electron chi connectivity index (χ3n) is 1.76. The van der Waals surface area contributed by atoms with Crippen molar-refractivity contribution in [1.29, 1.82) is 0 Å². The van der Waals surface area contributed by atoms with Gasteiger partial charge in [-0.2, -0.15) is 0 Å². The summed E-state index contributed by atoms with van der Waals surface area (Å²) < 4.78 is 16.9. The Morgan fingerprint density at radius 1 is 1.38 bits per heavy atom. The van der Waals surface area contributed by atoms with E-state index in [0.29, 0.717) is 19.6 Å². The lowest BCUT2D eigenvalue weighted by Gasteiger charge is -2.20. The highest BCUT2D eigenvalue weighted by molar-refractivity contribution is 5.67. The second-order valence-corrected chi connectivity index (χ2v) is 4.88. The van der Waals surface area contributed by atoms with E-state index in [1.807, 2.05) is 27.7 Å². The van der Waals surface area contributed by atoms with Gasteiger partial charge in [-0.15, -0.1) is 0 Å². The molecular formula is C11H23FN2O2. The number of rotatable bonds is 6. The van der Waals surface area contributed by atoms with Crippen LogP contribution in [0.1, 0.15) is 27.7 Å². The Labute approximate surface area is 96.9 Å². The number of amides is 1. The Hall–Kier alpha value is -0.840. The predicted octanol–water partition coefficient (Wildman–Crippen LogP) is 1.71. The highest BCUT2D eigenvalue weighted by atomic mass is 19.1. The molecule has 1 atom stereocenters. The predicted molar refractivity (Wildman–Crippen MR) is 62.2 cm³/mol. The average molecular weight is 234 g/mol. The fourth-order valence-electron chi connectivity index (χ4n) is 1.06. The smallest absolute Gasteiger partial charge is 0.407 e. The van der Waals surface area contributed by atoms with E-state index in [0.717, 1.165) is 0 Å². The molecule has 2 N–H and O–H groups in total. The monoisotopic (exact) mass is 234 g/mol. The molecule has 0 aromatic heterocycles. The molecule has 96 valence electrons. The molecule has 0 heterocycles. The minimum absolute atomic E-state index is 0.249. The minimum Gasteiger partial charge on any atom is -0.444 e. The number of halogens is 1. The summed E-state index contributed by atoms with van der Waals surface area (Å²) in [7, 11) is 0. The number of hydrogen-bond donors (Lipinski definition) is 2. The maximum atomic E-state index is 11.8. The summed E-state index contributed by atoms with van der Waals surface area (Å²) >= 11 is 0. The fraction of sp³-hybridized carbons (Fsp3) is 0.909. The largest absolute Gasteiger partial charge is 0.444 e. The van der Waals surface area contributed by atoms with Gasteiger partial charge in [0.25, 0.3) is 0 Å². The average Bonchev–Trinajstić information content (AvgIpc) is 2.12. The number of alkyl carbamates (subject to hydrolysis) is 1. The van der Waals surface area contributed by atoms with Gasteiger partial charge in [0.1, 0.15) is 12.3 Å². The minimum atomic E-state index is -0.472. The van der Waals surface area contributed by atoms with Crippen molar-refractivity contribution < 1.29 is 13.9 Å². The number of alkyl halides is 1. The molecule has 0 aliphatic heterocycles. The van der Waals surface area contributed by atoms with Crippen LogP contribution >= 0.6 is 0 Å². The molecule has 0 aliphatic carbocycles. The Morgan fingerprint density at radius 3 is 2.50 bits per heavy atom. The first-order valence-electron chi connectivity index (χ1n) is 5.58. The summed E-state index contributed by atoms with van der Waals surface area (Å²) in [6.07, 6.45) is -0.412. The van der Waals surface area contributed by atoms with Crippen LogP contribution in [0.2, 0.25) is 0 Å². The van der Waals surface area contributed by atoms with Crippen LogP contribution < -0.4 is 10.6 Å². The Balaban J connectivity index is 3.59. The normalized spacial score (nSPS) is 13.3. The van der Waals surface area contributed by atoms with Crippen molar-refractivity contribution in [3.63, 3.8) is 0 Å². The van der Waals surface area contributed by atoms with Crippen molar-refractivity contribution in [2.75, 3.05) is 26.3 Å². The first kappa shape index (κ1) is 15.2. The van der Waals surface area contributed by atoms with Crippen LogP contribution in [0.15, 0.2) is 0 Å². The quantitative estimate of drug-likeness (QED) is 0.688. The van der Waals surface area contributed by atoms with Crippen LogP contribution in [0.3, 0.4) is 0 Å². The third-order valence-corrected chi connectivity index (χ3v) is 1.76. The van der Waals surface area contributed by atoms with Crippen molar-refractivity contribution in [1.82, 2.24) is 10.6 Å². The maximum Gasteiger partial charge on any atom is 0.407 e. The zero-order valence-corrected chi connectivity index (χ0v) is 10.6. The number of hydrogen-bond acceptors (Lipinski definition) is 3. The molecule has 0 aromatic rings. The standard InChI is InChI=1S/C11H23FN2O2/c1-9(7-13-6-5-12)8-14-10(15)16-11(2,3)4/h9,13H,5-8H2,1-4H3,(H,14,15). The van der Waals surface area contributed by atoms with Gasteiger partial charge >= 0.3 is 6.09 Å². The maximum absolute atomic E-state index is 11.8. The Bertz CT molecular complexity index is 205. The second-order valence-electron chi connectivity index (χ2n) is 4.88. The van der Waals surface area contributed by atoms with Crippen LogP contribution in [0, 0.1) is 5.92 Å². The zero-order valence-electron chi connectivity index (χ0n) is 10.6. The van der Waals surface area contributed by atoms with E-state index in [1.54, 1.807) is 0 Å². The summed E-state index contributed by atoms with van der Waals surface area (Å²) in [6.45, 7) is 8.62. The van der Waals surface area contributed by atoms with Crippen LogP contribution in [-0.4, -0.2) is 38.0 Å². The summed E-state index contributed by atoms with van der Waals surface area (Å²) in [5, 5.41) is 5.61. The number of carbonyl (C=O) groups is 1. The Morgan fingerprint density at radius 2 is 2.00 bits per heavy atom. The lowest BCUT2D eigenvalue weighted by molar-refractivity contribution is 0.0520. The topological polar surface area (TPSA) is 50.4 Å². The summed E-state index contributed by atoms with van der Waals surface area (Å²) in [6, 6.07) is 0. The van der Waals surface area contributed by atoms with Crippen LogP contribution in [0.5, 0.6) is 0 Å². The van der Waals surface area contributed by atoms with Crippen molar-refractivity contribution in [2.45, 2.75) is 33.3 Å². The number of ether oxygens (including phenoxy) is 1. The molecular weight excluding hydrogens is 211 g/mol. The van der Waals surface area contributed by atoms with E-state index in [2.05, 4.69) is 10.6 Å². The number of nitrogens with one attached hydrogen (secondary N) is 2. The summed E-state index contributed by atoms with van der Waals surface area (Å²) in [4.78, 5) is 11.3. The number of carbonyl (C=O) groups excluding carboxylic acids is 1. The van der Waals surface area contributed by atoms with Crippen LogP contribution in [0.4, 0.5) is 9.18 Å². The molecule has 1 amide bonds. The fourth-order valence-corrected chi connectivity index (χ4v) is 1.06. The highest BCUT2D eigenvalue weighted by Gasteiger charge is 2.16. The molecule has 0 spiro atoms. The van der Waals surface area contributed by atoms with Gasteiger partial charge in [-0.3, -0.25) is 0 Å². The SMILES string of the molecule is CC(CNCCF)CNC(=O)OC(C)(C)C. The molecule has 0 saturated carbocycles. The lowest BCUT2D eigenvalue weighted by Crippen LogP contribution is -2.37. The van der Waals surface area contributed by atoms with Gasteiger partial charge in [-0.1, -0.05) is 6.92 Å². The molecule has 0 aliphatic rings. The van der Waals surface area contributed by atoms with Crippen molar-refractivity contribution in [3.05, 3.63) is 0 Å². The first-order valence-corrected chi connectivity index (χ1v) is 5.58. The van der Waals surface area contributed by atoms with E-state index in [1.165, 1.54) is 0 Å². The van der Waals surface area contributed by atoms with Gasteiger partial charge in [0.15, 0.2) is 0 Å². The summed E-state index contributed by atoms with van der Waals surface area (Å²) in [5.41, 5.74) is -0.472. The van der Waals surface area contributed by atoms with Crippen LogP contribution in [-0.2, 0) is 4.74 Å². The van der Waals surface area contributed by atoms with Crippen molar-refractivity contribution in [3.8, 4) is 0 Å². The van der Waals surface area contributed by atoms with E-state index in [4.69, 9.17) is 4.74 Å². The molecule has 1 unspecified atom stereocenters. The molecule has 16 heavy (non-hydrogen) atoms. The first-order chi connectivity index (χ1) is 7.35. The molecule has 0 bridgehead atoms. The second kappa shape index (κ2) is 7.44. The lowest BCUT2D eigenvalue weighted by atomic mass is 10.2. The van der Waals surface area contributed by atoms with Crippen molar-refractivity contribution in [2.24, 2.45) is 5.92 Å². The molecule has 0 aromatic carbocycles. The van der Waals surface area contributed by atoms with Gasteiger partial charge in [0.2, 0.25) is 0 Å². The van der Waals surface area contributed by atoms with Gasteiger partial charge < -0.3 is 15.4 Å². The molecule has 0 saturated heterocycles. The molecule has 5 heteroatoms. The van der Waals surface area contributed by atoms with Gasteiger partial charge in [-0.05, 0) is 33.2 Å². The van der Waals surface area contributed by atoms with Crippen LogP contribution in [0.25, 0.3) is 0 Å². The van der Waals surface area contributed by atoms with E-state index < -0.39 is 11.7 Å². The molecule has 0 fully saturated rings. The Kier molecular flexibility index (Phi) is 7.05. The van der Waals surface area contributed by atoms with Gasteiger partial charge in [0, 0.05) is 13.1 Å². The molecule has 0 radical (unpaired) electrons. The van der Waals surface area contributed by atoms with Crippen molar-refractivity contribution >= 4 is 6.09 Å². The molecule has 0 rings (SSSR count). The summed E-state index contributed by atoms with van der Waals surface area (Å²) in [5.74, 6) is 0.249. The zero-order chi connectivity index (χ0) is 12.6. The van der Waals surface area contributed by atoms with E-state index >= 15 is 0 Å². The third kappa shape index (κ3) is 9.71. The van der Waals surface area contributed by atoms with Gasteiger partial charge in [0.05, 0.1) is 0 Å².